The van der Waals surface area contributed by atoms with Gasteiger partial charge in [0, 0.05) is 18.1 Å². The second-order valence-corrected chi connectivity index (χ2v) is 6.44. The maximum absolute atomic E-state index is 12.7. The molecular formula is C16H18ClNO4. The minimum atomic E-state index is -0.815. The molecule has 2 fully saturated rings. The number of carbonyl (C=O) groups excluding carboxylic acids is 1. The second-order valence-electron chi connectivity index (χ2n) is 6.00. The van der Waals surface area contributed by atoms with Crippen molar-refractivity contribution in [3.05, 3.63) is 28.8 Å². The van der Waals surface area contributed by atoms with Crippen LogP contribution in [0.25, 0.3) is 0 Å². The van der Waals surface area contributed by atoms with E-state index >= 15 is 0 Å². The molecule has 1 saturated heterocycles. The van der Waals surface area contributed by atoms with Crippen LogP contribution < -0.4 is 4.74 Å². The smallest absolute Gasteiger partial charge is 0.308 e. The molecule has 0 aromatic heterocycles. The fourth-order valence-electron chi connectivity index (χ4n) is 3.28. The number of amides is 1. The Morgan fingerprint density at radius 2 is 2.05 bits per heavy atom. The lowest BCUT2D eigenvalue weighted by Crippen LogP contribution is -2.30. The Kier molecular flexibility index (Phi) is 4.00. The Labute approximate surface area is 133 Å². The third-order valence-corrected chi connectivity index (χ3v) is 4.82. The third-order valence-electron chi connectivity index (χ3n) is 4.59. The number of benzene rings is 1. The number of carboxylic acids is 1. The van der Waals surface area contributed by atoms with Crippen molar-refractivity contribution in [2.24, 2.45) is 17.8 Å². The van der Waals surface area contributed by atoms with E-state index in [1.807, 2.05) is 0 Å². The van der Waals surface area contributed by atoms with Gasteiger partial charge in [0.1, 0.15) is 5.75 Å². The summed E-state index contributed by atoms with van der Waals surface area (Å²) in [4.78, 5) is 25.8. The van der Waals surface area contributed by atoms with Crippen molar-refractivity contribution < 1.29 is 19.4 Å². The van der Waals surface area contributed by atoms with E-state index in [9.17, 15) is 14.7 Å². The van der Waals surface area contributed by atoms with Crippen molar-refractivity contribution in [1.29, 1.82) is 0 Å². The highest BCUT2D eigenvalue weighted by Crippen LogP contribution is 2.44. The van der Waals surface area contributed by atoms with Crippen LogP contribution in [0.5, 0.6) is 5.75 Å². The number of rotatable bonds is 4. The number of ether oxygens (including phenoxy) is 1. The van der Waals surface area contributed by atoms with Crippen molar-refractivity contribution in [1.82, 2.24) is 4.90 Å². The summed E-state index contributed by atoms with van der Waals surface area (Å²) in [7, 11) is 1.50. The standard InChI is InChI=1S/C16H18ClNO4/c1-22-14-5-4-10(17)6-11(14)15(19)18-7-12(9-2-3-9)13(8-18)16(20)21/h4-6,9,12-13H,2-3,7-8H2,1H3,(H,20,21)/t12-,13+/m1/s1. The molecular weight excluding hydrogens is 306 g/mol. The molecule has 2 aliphatic rings. The number of likely N-dealkylation sites (tertiary alicyclic amines) is 1. The molecule has 1 aliphatic heterocycles. The van der Waals surface area contributed by atoms with Gasteiger partial charge in [-0.3, -0.25) is 9.59 Å². The van der Waals surface area contributed by atoms with Crippen molar-refractivity contribution in [2.75, 3.05) is 20.2 Å². The van der Waals surface area contributed by atoms with Crippen LogP contribution in [0.3, 0.4) is 0 Å². The zero-order valence-electron chi connectivity index (χ0n) is 12.3. The molecule has 0 bridgehead atoms. The summed E-state index contributed by atoms with van der Waals surface area (Å²) in [5.74, 6) is -0.538. The van der Waals surface area contributed by atoms with Crippen LogP contribution in [0.1, 0.15) is 23.2 Å². The molecule has 1 saturated carbocycles. The highest BCUT2D eigenvalue weighted by atomic mass is 35.5. The first kappa shape index (κ1) is 15.2. The number of carbonyl (C=O) groups is 2. The lowest BCUT2D eigenvalue weighted by Gasteiger charge is -2.18. The van der Waals surface area contributed by atoms with Gasteiger partial charge in [-0.2, -0.15) is 0 Å². The van der Waals surface area contributed by atoms with Gasteiger partial charge < -0.3 is 14.7 Å². The molecule has 1 aromatic carbocycles. The monoisotopic (exact) mass is 323 g/mol. The van der Waals surface area contributed by atoms with Gasteiger partial charge in [-0.05, 0) is 42.9 Å². The SMILES string of the molecule is COc1ccc(Cl)cc1C(=O)N1C[C@H](C(=O)O)[C@@H](C2CC2)C1. The number of hydrogen-bond acceptors (Lipinski definition) is 3. The summed E-state index contributed by atoms with van der Waals surface area (Å²) in [6.45, 7) is 0.751. The minimum absolute atomic E-state index is 0.0617. The van der Waals surface area contributed by atoms with Gasteiger partial charge in [0.15, 0.2) is 0 Å². The summed E-state index contributed by atoms with van der Waals surface area (Å²) < 4.78 is 5.22. The number of carboxylic acid groups (broad SMARTS) is 1. The van der Waals surface area contributed by atoms with Crippen LogP contribution in [0, 0.1) is 17.8 Å². The zero-order valence-corrected chi connectivity index (χ0v) is 13.0. The van der Waals surface area contributed by atoms with Crippen molar-refractivity contribution >= 4 is 23.5 Å². The first-order chi connectivity index (χ1) is 10.5. The van der Waals surface area contributed by atoms with Crippen LogP contribution in [-0.4, -0.2) is 42.1 Å². The van der Waals surface area contributed by atoms with Crippen molar-refractivity contribution in [2.45, 2.75) is 12.8 Å². The minimum Gasteiger partial charge on any atom is -0.496 e. The average molecular weight is 324 g/mol. The van der Waals surface area contributed by atoms with Gasteiger partial charge in [0.2, 0.25) is 0 Å². The summed E-state index contributed by atoms with van der Waals surface area (Å²) in [6.07, 6.45) is 2.13. The Bertz CT molecular complexity index is 614. The van der Waals surface area contributed by atoms with E-state index < -0.39 is 11.9 Å². The second kappa shape index (κ2) is 5.80. The van der Waals surface area contributed by atoms with Gasteiger partial charge in [0.25, 0.3) is 5.91 Å². The number of methoxy groups -OCH3 is 1. The Hall–Kier alpha value is -1.75. The quantitative estimate of drug-likeness (QED) is 0.924. The molecule has 1 aliphatic carbocycles. The van der Waals surface area contributed by atoms with E-state index in [-0.39, 0.29) is 18.4 Å². The topological polar surface area (TPSA) is 66.8 Å². The molecule has 3 rings (SSSR count). The van der Waals surface area contributed by atoms with Crippen LogP contribution >= 0.6 is 11.6 Å². The maximum Gasteiger partial charge on any atom is 0.308 e. The lowest BCUT2D eigenvalue weighted by molar-refractivity contribution is -0.142. The molecule has 1 amide bonds. The predicted octanol–water partition coefficient (Wildman–Crippen LogP) is 2.53. The Balaban J connectivity index is 1.84. The molecule has 22 heavy (non-hydrogen) atoms. The number of nitrogens with zero attached hydrogens (tertiary/aromatic N) is 1. The molecule has 1 heterocycles. The van der Waals surface area contributed by atoms with E-state index in [4.69, 9.17) is 16.3 Å². The van der Waals surface area contributed by atoms with Gasteiger partial charge in [-0.15, -0.1) is 0 Å². The first-order valence-corrected chi connectivity index (χ1v) is 7.74. The van der Waals surface area contributed by atoms with Crippen LogP contribution in [-0.2, 0) is 4.79 Å². The first-order valence-electron chi connectivity index (χ1n) is 7.37. The predicted molar refractivity (Wildman–Crippen MR) is 81.2 cm³/mol. The fourth-order valence-corrected chi connectivity index (χ4v) is 3.45. The number of aliphatic carboxylic acids is 1. The normalized spacial score (nSPS) is 24.4. The molecule has 118 valence electrons. The van der Waals surface area contributed by atoms with Gasteiger partial charge >= 0.3 is 5.97 Å². The van der Waals surface area contributed by atoms with E-state index in [1.165, 1.54) is 7.11 Å². The molecule has 1 aromatic rings. The maximum atomic E-state index is 12.7. The van der Waals surface area contributed by atoms with Crippen molar-refractivity contribution in [3.63, 3.8) is 0 Å². The van der Waals surface area contributed by atoms with Gasteiger partial charge in [-0.1, -0.05) is 11.6 Å². The van der Waals surface area contributed by atoms with E-state index in [0.29, 0.717) is 28.8 Å². The molecule has 2 atom stereocenters. The third kappa shape index (κ3) is 2.77. The van der Waals surface area contributed by atoms with Gasteiger partial charge in [-0.25, -0.2) is 0 Å². The van der Waals surface area contributed by atoms with Crippen LogP contribution in [0.4, 0.5) is 0 Å². The molecule has 6 heteroatoms. The highest BCUT2D eigenvalue weighted by Gasteiger charge is 2.47. The summed E-state index contributed by atoms with van der Waals surface area (Å²) >= 11 is 5.97. The van der Waals surface area contributed by atoms with E-state index in [2.05, 4.69) is 0 Å². The van der Waals surface area contributed by atoms with E-state index in [1.54, 1.807) is 23.1 Å². The van der Waals surface area contributed by atoms with Crippen molar-refractivity contribution in [3.8, 4) is 5.75 Å². The summed E-state index contributed by atoms with van der Waals surface area (Å²) in [5.41, 5.74) is 0.385. The zero-order chi connectivity index (χ0) is 15.9. The summed E-state index contributed by atoms with van der Waals surface area (Å²) in [6, 6.07) is 4.88. The van der Waals surface area contributed by atoms with Crippen LogP contribution in [0.2, 0.25) is 5.02 Å². The lowest BCUT2D eigenvalue weighted by atomic mass is 9.92. The highest BCUT2D eigenvalue weighted by molar-refractivity contribution is 6.31. The number of hydrogen-bond donors (Lipinski definition) is 1. The average Bonchev–Trinajstić information content (AvgIpc) is 3.24. The number of halogens is 1. The Morgan fingerprint density at radius 3 is 2.64 bits per heavy atom. The van der Waals surface area contributed by atoms with E-state index in [0.717, 1.165) is 12.8 Å². The molecule has 5 nitrogen and oxygen atoms in total. The van der Waals surface area contributed by atoms with Gasteiger partial charge in [0.05, 0.1) is 18.6 Å². The molecule has 0 spiro atoms. The molecule has 0 unspecified atom stereocenters. The molecule has 1 N–H and O–H groups in total. The Morgan fingerprint density at radius 1 is 1.32 bits per heavy atom. The largest absolute Gasteiger partial charge is 0.496 e. The summed E-state index contributed by atoms with van der Waals surface area (Å²) in [5, 5.41) is 9.85. The van der Waals surface area contributed by atoms with Crippen LogP contribution in [0.15, 0.2) is 18.2 Å². The molecule has 0 radical (unpaired) electrons. The fraction of sp³-hybridized carbons (Fsp3) is 0.500.